The predicted molar refractivity (Wildman–Crippen MR) is 140 cm³/mol. The van der Waals surface area contributed by atoms with Gasteiger partial charge in [-0.25, -0.2) is 4.90 Å². The number of anilines is 3. The van der Waals surface area contributed by atoms with E-state index < -0.39 is 11.8 Å². The van der Waals surface area contributed by atoms with Crippen molar-refractivity contribution in [2.75, 3.05) is 15.5 Å². The summed E-state index contributed by atoms with van der Waals surface area (Å²) in [6, 6.07) is 15.6. The number of halogens is 2. The van der Waals surface area contributed by atoms with Crippen molar-refractivity contribution in [3.05, 3.63) is 98.2 Å². The first-order valence-corrected chi connectivity index (χ1v) is 11.6. The van der Waals surface area contributed by atoms with Gasteiger partial charge >= 0.3 is 0 Å². The number of carbonyl (C=O) groups is 3. The SMILES string of the molecule is Cc1cc(C)c(NC(=O)c2ccc(NC3=C(Cl)C(=O)N(c4cccc(Cl)c4C)C3=O)cc2)c(C)c1. The molecule has 0 fully saturated rings. The van der Waals surface area contributed by atoms with Crippen LogP contribution in [0.15, 0.2) is 65.3 Å². The van der Waals surface area contributed by atoms with Crippen LogP contribution in [0.3, 0.4) is 0 Å². The molecule has 0 aliphatic carbocycles. The molecule has 6 nitrogen and oxygen atoms in total. The van der Waals surface area contributed by atoms with Gasteiger partial charge in [0.15, 0.2) is 0 Å². The number of rotatable bonds is 5. The highest BCUT2D eigenvalue weighted by molar-refractivity contribution is 6.53. The Morgan fingerprint density at radius 3 is 2.11 bits per heavy atom. The fraction of sp³-hybridized carbons (Fsp3) is 0.148. The second-order valence-electron chi connectivity index (χ2n) is 8.45. The first-order chi connectivity index (χ1) is 16.6. The van der Waals surface area contributed by atoms with Crippen LogP contribution in [-0.2, 0) is 9.59 Å². The second kappa shape index (κ2) is 9.56. The van der Waals surface area contributed by atoms with Crippen molar-refractivity contribution in [1.82, 2.24) is 0 Å². The average Bonchev–Trinajstić information content (AvgIpc) is 3.01. The van der Waals surface area contributed by atoms with Crippen LogP contribution < -0.4 is 15.5 Å². The van der Waals surface area contributed by atoms with Crippen molar-refractivity contribution in [3.8, 4) is 0 Å². The monoisotopic (exact) mass is 507 g/mol. The van der Waals surface area contributed by atoms with Gasteiger partial charge in [0.1, 0.15) is 10.7 Å². The Kier molecular flexibility index (Phi) is 6.70. The van der Waals surface area contributed by atoms with Crippen molar-refractivity contribution in [1.29, 1.82) is 0 Å². The third-order valence-corrected chi connectivity index (χ3v) is 6.60. The summed E-state index contributed by atoms with van der Waals surface area (Å²) < 4.78 is 0. The van der Waals surface area contributed by atoms with Crippen LogP contribution in [0.4, 0.5) is 17.1 Å². The van der Waals surface area contributed by atoms with Crippen LogP contribution in [0, 0.1) is 27.7 Å². The zero-order chi connectivity index (χ0) is 25.4. The molecule has 2 N–H and O–H groups in total. The summed E-state index contributed by atoms with van der Waals surface area (Å²) in [7, 11) is 0. The highest BCUT2D eigenvalue weighted by Gasteiger charge is 2.39. The van der Waals surface area contributed by atoms with Crippen molar-refractivity contribution in [2.45, 2.75) is 27.7 Å². The second-order valence-corrected chi connectivity index (χ2v) is 9.23. The third kappa shape index (κ3) is 4.67. The average molecular weight is 508 g/mol. The zero-order valence-electron chi connectivity index (χ0n) is 19.6. The summed E-state index contributed by atoms with van der Waals surface area (Å²) in [5, 5.41) is 6.09. The molecule has 0 bridgehead atoms. The van der Waals surface area contributed by atoms with E-state index in [4.69, 9.17) is 23.2 Å². The number of nitrogens with zero attached hydrogens (tertiary/aromatic N) is 1. The number of aryl methyl sites for hydroxylation is 3. The minimum atomic E-state index is -0.635. The molecule has 3 amide bonds. The van der Waals surface area contributed by atoms with Gasteiger partial charge in [-0.05, 0) is 80.8 Å². The summed E-state index contributed by atoms with van der Waals surface area (Å²) in [4.78, 5) is 39.6. The van der Waals surface area contributed by atoms with Gasteiger partial charge in [0, 0.05) is 22.0 Å². The number of benzene rings is 3. The van der Waals surface area contributed by atoms with E-state index >= 15 is 0 Å². The largest absolute Gasteiger partial charge is 0.350 e. The van der Waals surface area contributed by atoms with Gasteiger partial charge in [-0.2, -0.15) is 0 Å². The van der Waals surface area contributed by atoms with E-state index in [1.54, 1.807) is 49.4 Å². The topological polar surface area (TPSA) is 78.5 Å². The molecule has 0 atom stereocenters. The Morgan fingerprint density at radius 2 is 1.49 bits per heavy atom. The number of nitrogens with one attached hydrogen (secondary N) is 2. The van der Waals surface area contributed by atoms with Crippen LogP contribution in [0.25, 0.3) is 0 Å². The lowest BCUT2D eigenvalue weighted by molar-refractivity contribution is -0.120. The number of hydrogen-bond donors (Lipinski definition) is 2. The van der Waals surface area contributed by atoms with E-state index in [2.05, 4.69) is 10.6 Å². The quantitative estimate of drug-likeness (QED) is 0.399. The van der Waals surface area contributed by atoms with Gasteiger partial charge < -0.3 is 10.6 Å². The highest BCUT2D eigenvalue weighted by Crippen LogP contribution is 2.34. The van der Waals surface area contributed by atoms with E-state index in [1.165, 1.54) is 0 Å². The van der Waals surface area contributed by atoms with Gasteiger partial charge in [0.05, 0.1) is 5.69 Å². The fourth-order valence-electron chi connectivity index (χ4n) is 4.08. The molecule has 3 aromatic carbocycles. The molecule has 0 radical (unpaired) electrons. The van der Waals surface area contributed by atoms with Gasteiger partial charge in [-0.1, -0.05) is 47.0 Å². The zero-order valence-corrected chi connectivity index (χ0v) is 21.1. The molecule has 0 unspecified atom stereocenters. The molecular formula is C27H23Cl2N3O3. The molecule has 8 heteroatoms. The fourth-order valence-corrected chi connectivity index (χ4v) is 4.46. The van der Waals surface area contributed by atoms with E-state index in [0.29, 0.717) is 27.5 Å². The number of imide groups is 1. The standard InChI is InChI=1S/C27H23Cl2N3O3/c1-14-12-15(2)23(16(3)13-14)31-25(33)18-8-10-19(11-9-18)30-24-22(29)26(34)32(27(24)35)21-7-5-6-20(28)17(21)4/h5-13,30H,1-4H3,(H,31,33). The molecule has 178 valence electrons. The molecule has 4 rings (SSSR count). The van der Waals surface area contributed by atoms with Crippen LogP contribution in [-0.4, -0.2) is 17.7 Å². The van der Waals surface area contributed by atoms with E-state index in [-0.39, 0.29) is 16.6 Å². The molecular weight excluding hydrogens is 485 g/mol. The van der Waals surface area contributed by atoms with Crippen LogP contribution >= 0.6 is 23.2 Å². The summed E-state index contributed by atoms with van der Waals surface area (Å²) in [6.07, 6.45) is 0. The lowest BCUT2D eigenvalue weighted by atomic mass is 10.0. The van der Waals surface area contributed by atoms with Crippen LogP contribution in [0.5, 0.6) is 0 Å². The van der Waals surface area contributed by atoms with Gasteiger partial charge in [-0.15, -0.1) is 0 Å². The number of carbonyl (C=O) groups excluding carboxylic acids is 3. The minimum Gasteiger partial charge on any atom is -0.350 e. The molecule has 1 aliphatic rings. The van der Waals surface area contributed by atoms with E-state index in [1.807, 2.05) is 32.9 Å². The Labute approximate surface area is 213 Å². The normalized spacial score (nSPS) is 13.5. The van der Waals surface area contributed by atoms with Crippen molar-refractivity contribution in [3.63, 3.8) is 0 Å². The smallest absolute Gasteiger partial charge is 0.283 e. The Morgan fingerprint density at radius 1 is 0.857 bits per heavy atom. The number of hydrogen-bond acceptors (Lipinski definition) is 4. The molecule has 1 heterocycles. The molecule has 0 aromatic heterocycles. The molecule has 3 aromatic rings. The molecule has 0 spiro atoms. The summed E-state index contributed by atoms with van der Waals surface area (Å²) >= 11 is 12.4. The summed E-state index contributed by atoms with van der Waals surface area (Å²) in [5.74, 6) is -1.47. The minimum absolute atomic E-state index is 0.0425. The van der Waals surface area contributed by atoms with Gasteiger partial charge in [0.25, 0.3) is 17.7 Å². The summed E-state index contributed by atoms with van der Waals surface area (Å²) in [5.41, 5.74) is 5.75. The van der Waals surface area contributed by atoms with Crippen molar-refractivity contribution in [2.24, 2.45) is 0 Å². The molecule has 35 heavy (non-hydrogen) atoms. The van der Waals surface area contributed by atoms with Gasteiger partial charge in [0.2, 0.25) is 0 Å². The summed E-state index contributed by atoms with van der Waals surface area (Å²) in [6.45, 7) is 7.64. The maximum absolute atomic E-state index is 13.1. The van der Waals surface area contributed by atoms with Crippen molar-refractivity contribution >= 4 is 58.0 Å². The maximum Gasteiger partial charge on any atom is 0.283 e. The van der Waals surface area contributed by atoms with Crippen LogP contribution in [0.2, 0.25) is 5.02 Å². The van der Waals surface area contributed by atoms with Crippen LogP contribution in [0.1, 0.15) is 32.6 Å². The lowest BCUT2D eigenvalue weighted by Crippen LogP contribution is -2.32. The van der Waals surface area contributed by atoms with Crippen molar-refractivity contribution < 1.29 is 14.4 Å². The molecule has 0 saturated carbocycles. The van der Waals surface area contributed by atoms with Gasteiger partial charge in [-0.3, -0.25) is 14.4 Å². The lowest BCUT2D eigenvalue weighted by Gasteiger charge is -2.18. The Bertz CT molecular complexity index is 1390. The Hall–Kier alpha value is -3.61. The Balaban J connectivity index is 1.52. The predicted octanol–water partition coefficient (Wildman–Crippen LogP) is 6.26. The molecule has 0 saturated heterocycles. The first-order valence-electron chi connectivity index (χ1n) is 10.9. The van der Waals surface area contributed by atoms with E-state index in [9.17, 15) is 14.4 Å². The molecule has 1 aliphatic heterocycles. The maximum atomic E-state index is 13.1. The highest BCUT2D eigenvalue weighted by atomic mass is 35.5. The first kappa shape index (κ1) is 24.5. The third-order valence-electron chi connectivity index (χ3n) is 5.84. The number of amides is 3. The van der Waals surface area contributed by atoms with E-state index in [0.717, 1.165) is 27.3 Å².